The molecule has 0 aliphatic rings. The maximum absolute atomic E-state index is 10.7. The summed E-state index contributed by atoms with van der Waals surface area (Å²) in [4.78, 5) is 16.8. The standard InChI is InChI=1S/C8H7ClN4O3/c9-7-4(2-1-3-11-7)6(14)5(8(15)16)12-13-10/h1-3,5-6,14H,(H,15,16). The highest BCUT2D eigenvalue weighted by Crippen LogP contribution is 2.24. The minimum absolute atomic E-state index is 0.0330. The summed E-state index contributed by atoms with van der Waals surface area (Å²) in [6.45, 7) is 0. The topological polar surface area (TPSA) is 119 Å². The van der Waals surface area contributed by atoms with Crippen molar-refractivity contribution in [3.63, 3.8) is 0 Å². The molecule has 0 aliphatic carbocycles. The van der Waals surface area contributed by atoms with Crippen molar-refractivity contribution < 1.29 is 15.0 Å². The van der Waals surface area contributed by atoms with E-state index in [-0.39, 0.29) is 10.7 Å². The second-order valence-corrected chi connectivity index (χ2v) is 3.17. The number of aliphatic hydroxyl groups excluding tert-OH is 1. The number of aromatic nitrogens is 1. The number of pyridine rings is 1. The summed E-state index contributed by atoms with van der Waals surface area (Å²) in [5.74, 6) is -1.44. The van der Waals surface area contributed by atoms with Crippen LogP contribution < -0.4 is 0 Å². The minimum atomic E-state index is -1.63. The second-order valence-electron chi connectivity index (χ2n) is 2.82. The van der Waals surface area contributed by atoms with Crippen LogP contribution in [0.5, 0.6) is 0 Å². The molecule has 2 atom stereocenters. The van der Waals surface area contributed by atoms with Crippen LogP contribution in [0.25, 0.3) is 10.4 Å². The number of nitrogens with zero attached hydrogens (tertiary/aromatic N) is 4. The van der Waals surface area contributed by atoms with Crippen molar-refractivity contribution in [2.75, 3.05) is 0 Å². The van der Waals surface area contributed by atoms with E-state index >= 15 is 0 Å². The molecule has 0 saturated carbocycles. The van der Waals surface area contributed by atoms with E-state index in [0.717, 1.165) is 0 Å². The number of halogens is 1. The summed E-state index contributed by atoms with van der Waals surface area (Å²) in [6.07, 6.45) is -0.142. The molecule has 1 aromatic rings. The van der Waals surface area contributed by atoms with Crippen molar-refractivity contribution in [1.29, 1.82) is 0 Å². The van der Waals surface area contributed by atoms with Crippen LogP contribution in [-0.4, -0.2) is 27.2 Å². The molecule has 1 aromatic heterocycles. The largest absolute Gasteiger partial charge is 0.481 e. The summed E-state index contributed by atoms with van der Waals surface area (Å²) in [7, 11) is 0. The lowest BCUT2D eigenvalue weighted by molar-refractivity contribution is -0.141. The first-order valence-corrected chi connectivity index (χ1v) is 4.51. The Balaban J connectivity index is 3.08. The first-order chi connectivity index (χ1) is 7.57. The lowest BCUT2D eigenvalue weighted by Gasteiger charge is -2.15. The first-order valence-electron chi connectivity index (χ1n) is 4.13. The molecule has 0 radical (unpaired) electrons. The van der Waals surface area contributed by atoms with E-state index in [1.54, 1.807) is 0 Å². The fraction of sp³-hybridized carbons (Fsp3) is 0.250. The molecule has 0 spiro atoms. The number of carboxylic acids is 1. The lowest BCUT2D eigenvalue weighted by atomic mass is 10.1. The molecular formula is C8H7ClN4O3. The van der Waals surface area contributed by atoms with E-state index < -0.39 is 18.1 Å². The molecule has 0 bridgehead atoms. The summed E-state index contributed by atoms with van der Waals surface area (Å²) in [6, 6.07) is 1.26. The Hall–Kier alpha value is -1.82. The molecule has 2 unspecified atom stereocenters. The quantitative estimate of drug-likeness (QED) is 0.360. The zero-order chi connectivity index (χ0) is 12.1. The van der Waals surface area contributed by atoms with Gasteiger partial charge in [0.15, 0.2) is 6.04 Å². The van der Waals surface area contributed by atoms with Crippen LogP contribution >= 0.6 is 11.6 Å². The van der Waals surface area contributed by atoms with Gasteiger partial charge in [-0.05, 0) is 11.6 Å². The molecule has 0 aliphatic heterocycles. The fourth-order valence-corrected chi connectivity index (χ4v) is 1.32. The Morgan fingerprint density at radius 3 is 2.88 bits per heavy atom. The van der Waals surface area contributed by atoms with Gasteiger partial charge in [-0.3, -0.25) is 4.79 Å². The van der Waals surface area contributed by atoms with Crippen molar-refractivity contribution >= 4 is 17.6 Å². The SMILES string of the molecule is [N-]=[N+]=NC(C(=O)O)C(O)c1cccnc1Cl. The van der Waals surface area contributed by atoms with Crippen LogP contribution in [0.2, 0.25) is 5.15 Å². The highest BCUT2D eigenvalue weighted by atomic mass is 35.5. The van der Waals surface area contributed by atoms with Crippen molar-refractivity contribution in [2.45, 2.75) is 12.1 Å². The summed E-state index contributed by atoms with van der Waals surface area (Å²) >= 11 is 5.67. The summed E-state index contributed by atoms with van der Waals surface area (Å²) in [5.41, 5.74) is 8.29. The number of aliphatic hydroxyl groups is 1. The van der Waals surface area contributed by atoms with E-state index in [2.05, 4.69) is 15.0 Å². The van der Waals surface area contributed by atoms with Crippen molar-refractivity contribution in [2.24, 2.45) is 5.11 Å². The van der Waals surface area contributed by atoms with Crippen LogP contribution in [0.15, 0.2) is 23.4 Å². The first kappa shape index (κ1) is 12.3. The Morgan fingerprint density at radius 2 is 2.38 bits per heavy atom. The van der Waals surface area contributed by atoms with E-state index in [4.69, 9.17) is 22.2 Å². The Bertz CT molecular complexity index is 445. The molecule has 0 saturated heterocycles. The number of carbonyl (C=O) groups is 1. The molecule has 84 valence electrons. The predicted octanol–water partition coefficient (Wildman–Crippen LogP) is 1.53. The Morgan fingerprint density at radius 1 is 1.69 bits per heavy atom. The van der Waals surface area contributed by atoms with E-state index in [1.807, 2.05) is 0 Å². The smallest absolute Gasteiger partial charge is 0.315 e. The highest BCUT2D eigenvalue weighted by Gasteiger charge is 2.28. The van der Waals surface area contributed by atoms with E-state index in [1.165, 1.54) is 18.3 Å². The fourth-order valence-electron chi connectivity index (χ4n) is 1.09. The van der Waals surface area contributed by atoms with Gasteiger partial charge in [0.1, 0.15) is 11.3 Å². The number of azide groups is 1. The molecular weight excluding hydrogens is 236 g/mol. The molecule has 0 amide bonds. The molecule has 8 heteroatoms. The van der Waals surface area contributed by atoms with Gasteiger partial charge in [-0.15, -0.1) is 0 Å². The monoisotopic (exact) mass is 242 g/mol. The van der Waals surface area contributed by atoms with Crippen molar-refractivity contribution in [3.8, 4) is 0 Å². The maximum atomic E-state index is 10.7. The zero-order valence-corrected chi connectivity index (χ0v) is 8.61. The highest BCUT2D eigenvalue weighted by molar-refractivity contribution is 6.30. The lowest BCUT2D eigenvalue weighted by Crippen LogP contribution is -2.25. The minimum Gasteiger partial charge on any atom is -0.481 e. The second kappa shape index (κ2) is 5.32. The Labute approximate surface area is 94.9 Å². The Kier molecular flexibility index (Phi) is 4.07. The molecule has 0 aromatic carbocycles. The van der Waals surface area contributed by atoms with Gasteiger partial charge in [-0.2, -0.15) is 0 Å². The van der Waals surface area contributed by atoms with E-state index in [0.29, 0.717) is 0 Å². The molecule has 0 fully saturated rings. The zero-order valence-electron chi connectivity index (χ0n) is 7.86. The van der Waals surface area contributed by atoms with Crippen LogP contribution in [0.3, 0.4) is 0 Å². The number of carboxylic acid groups (broad SMARTS) is 1. The molecule has 2 N–H and O–H groups in total. The number of hydrogen-bond acceptors (Lipinski definition) is 4. The van der Waals surface area contributed by atoms with E-state index in [9.17, 15) is 9.90 Å². The molecule has 16 heavy (non-hydrogen) atoms. The van der Waals surface area contributed by atoms with Crippen LogP contribution in [-0.2, 0) is 4.79 Å². The van der Waals surface area contributed by atoms with Crippen molar-refractivity contribution in [3.05, 3.63) is 39.5 Å². The van der Waals surface area contributed by atoms with Gasteiger partial charge in [0.2, 0.25) is 0 Å². The third kappa shape index (κ3) is 2.60. The number of rotatable bonds is 4. The predicted molar refractivity (Wildman–Crippen MR) is 54.8 cm³/mol. The van der Waals surface area contributed by atoms with Gasteiger partial charge in [0.05, 0.1) is 0 Å². The summed E-state index contributed by atoms with van der Waals surface area (Å²) in [5, 5.41) is 21.4. The molecule has 1 rings (SSSR count). The van der Waals surface area contributed by atoms with Gasteiger partial charge in [0.25, 0.3) is 0 Å². The average molecular weight is 243 g/mol. The van der Waals surface area contributed by atoms with Crippen molar-refractivity contribution in [1.82, 2.24) is 4.98 Å². The third-order valence-electron chi connectivity index (χ3n) is 1.83. The van der Waals surface area contributed by atoms with Gasteiger partial charge in [-0.25, -0.2) is 4.98 Å². The number of hydrogen-bond donors (Lipinski definition) is 2. The molecule has 1 heterocycles. The number of aliphatic carboxylic acids is 1. The van der Waals surface area contributed by atoms with Gasteiger partial charge in [0, 0.05) is 16.7 Å². The average Bonchev–Trinajstić information content (AvgIpc) is 2.25. The summed E-state index contributed by atoms with van der Waals surface area (Å²) < 4.78 is 0. The van der Waals surface area contributed by atoms with Gasteiger partial charge < -0.3 is 10.2 Å². The normalized spacial score (nSPS) is 13.6. The van der Waals surface area contributed by atoms with Crippen LogP contribution in [0, 0.1) is 0 Å². The maximum Gasteiger partial charge on any atom is 0.315 e. The molecule has 7 nitrogen and oxygen atoms in total. The third-order valence-corrected chi connectivity index (χ3v) is 2.15. The van der Waals surface area contributed by atoms with Crippen LogP contribution in [0.1, 0.15) is 11.7 Å². The van der Waals surface area contributed by atoms with Crippen LogP contribution in [0.4, 0.5) is 0 Å². The van der Waals surface area contributed by atoms with Gasteiger partial charge >= 0.3 is 5.97 Å². The van der Waals surface area contributed by atoms with Gasteiger partial charge in [-0.1, -0.05) is 22.8 Å².